The summed E-state index contributed by atoms with van der Waals surface area (Å²) < 4.78 is 0. The summed E-state index contributed by atoms with van der Waals surface area (Å²) in [5.74, 6) is -0.160. The Morgan fingerprint density at radius 2 is 1.81 bits per heavy atom. The second-order valence-corrected chi connectivity index (χ2v) is 5.16. The van der Waals surface area contributed by atoms with Crippen LogP contribution in [-0.2, 0) is 0 Å². The van der Waals surface area contributed by atoms with Gasteiger partial charge >= 0.3 is 0 Å². The lowest BCUT2D eigenvalue weighted by molar-refractivity contribution is 0.0934. The van der Waals surface area contributed by atoms with Crippen LogP contribution in [0.3, 0.4) is 0 Å². The number of halogens is 2. The molecule has 0 radical (unpaired) electrons. The third kappa shape index (κ3) is 7.50. The number of nitrogen functional groups attached to an aromatic ring is 1. The van der Waals surface area contributed by atoms with Gasteiger partial charge in [0.2, 0.25) is 0 Å². The van der Waals surface area contributed by atoms with Gasteiger partial charge in [0, 0.05) is 25.2 Å². The second-order valence-electron chi connectivity index (χ2n) is 5.16. The molecule has 0 atom stereocenters. The SMILES string of the molecule is CC(C)N(CCNC(=O)c1ccc(N)cn1)C(C)C.Cl.Cl. The van der Waals surface area contributed by atoms with E-state index < -0.39 is 0 Å². The van der Waals surface area contributed by atoms with Crippen molar-refractivity contribution >= 4 is 36.4 Å². The summed E-state index contributed by atoms with van der Waals surface area (Å²) in [6, 6.07) is 4.24. The number of carbonyl (C=O) groups excluding carboxylic acids is 1. The van der Waals surface area contributed by atoms with Crippen LogP contribution in [0.5, 0.6) is 0 Å². The van der Waals surface area contributed by atoms with Crippen LogP contribution in [-0.4, -0.2) is 41.0 Å². The first-order valence-corrected chi connectivity index (χ1v) is 6.67. The lowest BCUT2D eigenvalue weighted by Crippen LogP contribution is -2.42. The summed E-state index contributed by atoms with van der Waals surface area (Å²) in [4.78, 5) is 18.2. The van der Waals surface area contributed by atoms with Crippen molar-refractivity contribution in [2.75, 3.05) is 18.8 Å². The number of carbonyl (C=O) groups is 1. The second kappa shape index (κ2) is 10.7. The van der Waals surface area contributed by atoms with Crippen LogP contribution in [0.1, 0.15) is 38.2 Å². The number of rotatable bonds is 6. The summed E-state index contributed by atoms with van der Waals surface area (Å²) in [5, 5.41) is 2.87. The Bertz CT molecular complexity index is 402. The number of hydrogen-bond acceptors (Lipinski definition) is 4. The van der Waals surface area contributed by atoms with E-state index in [1.54, 1.807) is 12.1 Å². The van der Waals surface area contributed by atoms with Crippen LogP contribution < -0.4 is 11.1 Å². The Hall–Kier alpha value is -1.04. The highest BCUT2D eigenvalue weighted by Crippen LogP contribution is 2.04. The highest BCUT2D eigenvalue weighted by Gasteiger charge is 2.13. The van der Waals surface area contributed by atoms with Gasteiger partial charge in [-0.1, -0.05) is 0 Å². The Morgan fingerprint density at radius 3 is 2.24 bits per heavy atom. The minimum Gasteiger partial charge on any atom is -0.397 e. The van der Waals surface area contributed by atoms with Crippen LogP contribution >= 0.6 is 24.8 Å². The van der Waals surface area contributed by atoms with Crippen LogP contribution in [0.15, 0.2) is 18.3 Å². The first kappa shape index (κ1) is 22.2. The van der Waals surface area contributed by atoms with Crippen molar-refractivity contribution in [2.45, 2.75) is 39.8 Å². The number of nitrogens with one attached hydrogen (secondary N) is 1. The Balaban J connectivity index is 0. The lowest BCUT2D eigenvalue weighted by atomic mass is 10.2. The molecule has 0 saturated heterocycles. The van der Waals surface area contributed by atoms with Gasteiger partial charge in [-0.15, -0.1) is 24.8 Å². The Labute approximate surface area is 139 Å². The number of hydrogen-bond donors (Lipinski definition) is 2. The first-order valence-electron chi connectivity index (χ1n) is 6.67. The molecule has 122 valence electrons. The maximum atomic E-state index is 11.8. The molecular weight excluding hydrogens is 311 g/mol. The van der Waals surface area contributed by atoms with E-state index in [-0.39, 0.29) is 30.7 Å². The highest BCUT2D eigenvalue weighted by molar-refractivity contribution is 5.92. The summed E-state index contributed by atoms with van der Waals surface area (Å²) >= 11 is 0. The van der Waals surface area contributed by atoms with Crippen molar-refractivity contribution in [1.82, 2.24) is 15.2 Å². The van der Waals surface area contributed by atoms with E-state index in [2.05, 4.69) is 42.9 Å². The van der Waals surface area contributed by atoms with Crippen LogP contribution in [0, 0.1) is 0 Å². The average Bonchev–Trinajstić information content (AvgIpc) is 2.34. The van der Waals surface area contributed by atoms with E-state index in [0.29, 0.717) is 30.0 Å². The maximum absolute atomic E-state index is 11.8. The maximum Gasteiger partial charge on any atom is 0.269 e. The molecule has 21 heavy (non-hydrogen) atoms. The van der Waals surface area contributed by atoms with Gasteiger partial charge in [-0.05, 0) is 39.8 Å². The molecule has 5 nitrogen and oxygen atoms in total. The van der Waals surface area contributed by atoms with Gasteiger partial charge in [0.05, 0.1) is 11.9 Å². The monoisotopic (exact) mass is 336 g/mol. The van der Waals surface area contributed by atoms with E-state index in [1.807, 2.05) is 0 Å². The molecule has 1 heterocycles. The molecule has 0 unspecified atom stereocenters. The fourth-order valence-electron chi connectivity index (χ4n) is 2.04. The van der Waals surface area contributed by atoms with Crippen molar-refractivity contribution < 1.29 is 4.79 Å². The van der Waals surface area contributed by atoms with Gasteiger partial charge < -0.3 is 11.1 Å². The molecule has 3 N–H and O–H groups in total. The zero-order valence-electron chi connectivity index (χ0n) is 13.0. The number of amides is 1. The molecular formula is C14H26Cl2N4O. The van der Waals surface area contributed by atoms with Crippen molar-refractivity contribution in [2.24, 2.45) is 0 Å². The Morgan fingerprint density at radius 1 is 1.24 bits per heavy atom. The molecule has 1 amide bonds. The van der Waals surface area contributed by atoms with Crippen LogP contribution in [0.4, 0.5) is 5.69 Å². The van der Waals surface area contributed by atoms with Crippen molar-refractivity contribution in [3.8, 4) is 0 Å². The number of nitrogens with zero attached hydrogens (tertiary/aromatic N) is 2. The van der Waals surface area contributed by atoms with E-state index in [9.17, 15) is 4.79 Å². The average molecular weight is 337 g/mol. The third-order valence-electron chi connectivity index (χ3n) is 3.00. The third-order valence-corrected chi connectivity index (χ3v) is 3.00. The molecule has 0 aromatic carbocycles. The van der Waals surface area contributed by atoms with Crippen LogP contribution in [0.25, 0.3) is 0 Å². The molecule has 0 spiro atoms. The van der Waals surface area contributed by atoms with E-state index in [1.165, 1.54) is 6.20 Å². The first-order chi connectivity index (χ1) is 8.91. The normalized spacial score (nSPS) is 10.2. The molecule has 1 aromatic heterocycles. The molecule has 0 saturated carbocycles. The predicted molar refractivity (Wildman–Crippen MR) is 92.5 cm³/mol. The topological polar surface area (TPSA) is 71.2 Å². The molecule has 1 rings (SSSR count). The van der Waals surface area contributed by atoms with Crippen molar-refractivity contribution in [3.05, 3.63) is 24.0 Å². The molecule has 0 aliphatic rings. The van der Waals surface area contributed by atoms with Gasteiger partial charge in [-0.25, -0.2) is 4.98 Å². The van der Waals surface area contributed by atoms with Crippen molar-refractivity contribution in [3.63, 3.8) is 0 Å². The smallest absolute Gasteiger partial charge is 0.269 e. The fourth-order valence-corrected chi connectivity index (χ4v) is 2.04. The van der Waals surface area contributed by atoms with E-state index in [4.69, 9.17) is 5.73 Å². The predicted octanol–water partition coefficient (Wildman–Crippen LogP) is 2.36. The lowest BCUT2D eigenvalue weighted by Gasteiger charge is -2.30. The minimum absolute atomic E-state index is 0. The summed E-state index contributed by atoms with van der Waals surface area (Å²) in [6.45, 7) is 10.1. The quantitative estimate of drug-likeness (QED) is 0.836. The summed E-state index contributed by atoms with van der Waals surface area (Å²) in [5.41, 5.74) is 6.49. The van der Waals surface area contributed by atoms with Gasteiger partial charge in [-0.2, -0.15) is 0 Å². The summed E-state index contributed by atoms with van der Waals surface area (Å²) in [7, 11) is 0. The minimum atomic E-state index is -0.160. The number of nitrogens with two attached hydrogens (primary N) is 1. The van der Waals surface area contributed by atoms with Crippen LogP contribution in [0.2, 0.25) is 0 Å². The molecule has 1 aromatic rings. The summed E-state index contributed by atoms with van der Waals surface area (Å²) in [6.07, 6.45) is 1.49. The highest BCUT2D eigenvalue weighted by atomic mass is 35.5. The number of pyridine rings is 1. The standard InChI is InChI=1S/C14H24N4O.2ClH/c1-10(2)18(11(3)4)8-7-16-14(19)13-6-5-12(15)9-17-13;;/h5-6,9-11H,7-8,15H2,1-4H3,(H,16,19);2*1H. The molecule has 7 heteroatoms. The molecule has 0 bridgehead atoms. The van der Waals surface area contributed by atoms with E-state index >= 15 is 0 Å². The zero-order chi connectivity index (χ0) is 14.4. The van der Waals surface area contributed by atoms with Gasteiger partial charge in [0.15, 0.2) is 0 Å². The number of aromatic nitrogens is 1. The molecule has 0 aliphatic heterocycles. The molecule has 0 fully saturated rings. The van der Waals surface area contributed by atoms with Crippen molar-refractivity contribution in [1.29, 1.82) is 0 Å². The zero-order valence-corrected chi connectivity index (χ0v) is 14.6. The largest absolute Gasteiger partial charge is 0.397 e. The van der Waals surface area contributed by atoms with Gasteiger partial charge in [0.1, 0.15) is 5.69 Å². The van der Waals surface area contributed by atoms with E-state index in [0.717, 1.165) is 6.54 Å². The fraction of sp³-hybridized carbons (Fsp3) is 0.571. The van der Waals surface area contributed by atoms with Gasteiger partial charge in [0.25, 0.3) is 5.91 Å². The Kier molecular flexibility index (Phi) is 11.3. The number of anilines is 1. The molecule has 0 aliphatic carbocycles. The van der Waals surface area contributed by atoms with Gasteiger partial charge in [-0.3, -0.25) is 9.69 Å².